The minimum absolute atomic E-state index is 0.205. The largest absolute Gasteiger partial charge is 0.507 e. The highest BCUT2D eigenvalue weighted by atomic mass is 32.1. The van der Waals surface area contributed by atoms with E-state index in [9.17, 15) is 5.11 Å². The van der Waals surface area contributed by atoms with Crippen molar-refractivity contribution in [3.8, 4) is 10.8 Å². The Morgan fingerprint density at radius 3 is 2.92 bits per heavy atom. The molecular formula is C9H8O2S2. The van der Waals surface area contributed by atoms with E-state index < -0.39 is 0 Å². The summed E-state index contributed by atoms with van der Waals surface area (Å²) in [5, 5.41) is 11.2. The zero-order chi connectivity index (χ0) is 9.42. The smallest absolute Gasteiger partial charge is 0.174 e. The highest BCUT2D eigenvalue weighted by molar-refractivity contribution is 7.80. The van der Waals surface area contributed by atoms with E-state index in [2.05, 4.69) is 12.6 Å². The van der Waals surface area contributed by atoms with Crippen LogP contribution in [0.2, 0.25) is 0 Å². The monoisotopic (exact) mass is 212 g/mol. The molecule has 0 fully saturated rings. The second-order valence-electron chi connectivity index (χ2n) is 2.61. The second-order valence-corrected chi connectivity index (χ2v) is 4.11. The number of methoxy groups -OCH3 is 1. The SMILES string of the molecule is COc1cc2c(S)c(O)ccc2s1. The first kappa shape index (κ1) is 8.72. The first-order chi connectivity index (χ1) is 6.22. The number of rotatable bonds is 1. The van der Waals surface area contributed by atoms with Crippen LogP contribution in [-0.4, -0.2) is 12.2 Å². The summed E-state index contributed by atoms with van der Waals surface area (Å²) in [6, 6.07) is 5.38. The second kappa shape index (κ2) is 3.12. The minimum Gasteiger partial charge on any atom is -0.507 e. The van der Waals surface area contributed by atoms with Crippen LogP contribution in [-0.2, 0) is 0 Å². The number of phenols is 1. The Labute approximate surface area is 85.2 Å². The fourth-order valence-corrected chi connectivity index (χ4v) is 2.38. The van der Waals surface area contributed by atoms with Crippen molar-refractivity contribution in [3.63, 3.8) is 0 Å². The molecule has 0 aliphatic rings. The van der Waals surface area contributed by atoms with Crippen molar-refractivity contribution < 1.29 is 9.84 Å². The van der Waals surface area contributed by atoms with Gasteiger partial charge in [0, 0.05) is 16.2 Å². The number of benzene rings is 1. The predicted molar refractivity (Wildman–Crippen MR) is 57.3 cm³/mol. The van der Waals surface area contributed by atoms with Gasteiger partial charge >= 0.3 is 0 Å². The molecule has 13 heavy (non-hydrogen) atoms. The quantitative estimate of drug-likeness (QED) is 0.712. The van der Waals surface area contributed by atoms with E-state index in [1.165, 1.54) is 11.3 Å². The zero-order valence-electron chi connectivity index (χ0n) is 6.94. The summed E-state index contributed by atoms with van der Waals surface area (Å²) in [6.07, 6.45) is 0. The lowest BCUT2D eigenvalue weighted by atomic mass is 10.2. The summed E-state index contributed by atoms with van der Waals surface area (Å²) in [5.74, 6) is 0.205. The summed E-state index contributed by atoms with van der Waals surface area (Å²) in [7, 11) is 1.63. The third-order valence-corrected chi connectivity index (χ3v) is 3.36. The number of thiophene rings is 1. The standard InChI is InChI=1S/C9H8O2S2/c1-11-8-4-5-7(13-8)3-2-6(10)9(5)12/h2-4,10,12H,1H3. The normalized spacial score (nSPS) is 10.6. The van der Waals surface area contributed by atoms with Crippen LogP contribution < -0.4 is 4.74 Å². The van der Waals surface area contributed by atoms with Gasteiger partial charge in [-0.2, -0.15) is 0 Å². The van der Waals surface area contributed by atoms with Gasteiger partial charge in [0.05, 0.1) is 12.0 Å². The van der Waals surface area contributed by atoms with Crippen LogP contribution in [0, 0.1) is 0 Å². The zero-order valence-corrected chi connectivity index (χ0v) is 8.65. The van der Waals surface area contributed by atoms with Gasteiger partial charge in [0.15, 0.2) is 5.06 Å². The lowest BCUT2D eigenvalue weighted by Gasteiger charge is -1.96. The fourth-order valence-electron chi connectivity index (χ4n) is 1.16. The van der Waals surface area contributed by atoms with Crippen LogP contribution in [0.4, 0.5) is 0 Å². The molecule has 0 spiro atoms. The van der Waals surface area contributed by atoms with Gasteiger partial charge in [-0.1, -0.05) is 11.3 Å². The van der Waals surface area contributed by atoms with Gasteiger partial charge in [0.1, 0.15) is 5.75 Å². The average molecular weight is 212 g/mol. The third-order valence-electron chi connectivity index (χ3n) is 1.83. The summed E-state index contributed by atoms with van der Waals surface area (Å²) in [5.41, 5.74) is 0. The molecule has 0 bridgehead atoms. The van der Waals surface area contributed by atoms with Crippen LogP contribution in [0.15, 0.2) is 23.1 Å². The summed E-state index contributed by atoms with van der Waals surface area (Å²) < 4.78 is 6.17. The number of ether oxygens (including phenoxy) is 1. The Morgan fingerprint density at radius 1 is 1.46 bits per heavy atom. The molecule has 68 valence electrons. The highest BCUT2D eigenvalue weighted by Crippen LogP contribution is 2.38. The lowest BCUT2D eigenvalue weighted by molar-refractivity contribution is 0.427. The molecule has 0 radical (unpaired) electrons. The summed E-state index contributed by atoms with van der Waals surface area (Å²) in [6.45, 7) is 0. The van der Waals surface area contributed by atoms with Gasteiger partial charge in [-0.15, -0.1) is 12.6 Å². The topological polar surface area (TPSA) is 29.5 Å². The van der Waals surface area contributed by atoms with Gasteiger partial charge in [-0.3, -0.25) is 0 Å². The van der Waals surface area contributed by atoms with Crippen LogP contribution in [0.5, 0.6) is 10.8 Å². The Kier molecular flexibility index (Phi) is 2.09. The molecule has 2 nitrogen and oxygen atoms in total. The average Bonchev–Trinajstić information content (AvgIpc) is 2.55. The number of hydrogen-bond acceptors (Lipinski definition) is 4. The molecule has 0 atom stereocenters. The Morgan fingerprint density at radius 2 is 2.23 bits per heavy atom. The van der Waals surface area contributed by atoms with E-state index in [-0.39, 0.29) is 5.75 Å². The molecule has 1 N–H and O–H groups in total. The molecule has 0 amide bonds. The summed E-state index contributed by atoms with van der Waals surface area (Å²) >= 11 is 5.75. The number of aromatic hydroxyl groups is 1. The molecule has 0 unspecified atom stereocenters. The van der Waals surface area contributed by atoms with E-state index in [1.54, 1.807) is 13.2 Å². The van der Waals surface area contributed by atoms with Gasteiger partial charge in [0.2, 0.25) is 0 Å². The fraction of sp³-hybridized carbons (Fsp3) is 0.111. The van der Waals surface area contributed by atoms with Gasteiger partial charge < -0.3 is 9.84 Å². The third kappa shape index (κ3) is 1.36. The minimum atomic E-state index is 0.205. The lowest BCUT2D eigenvalue weighted by Crippen LogP contribution is -1.73. The van der Waals surface area contributed by atoms with Crippen molar-refractivity contribution in [3.05, 3.63) is 18.2 Å². The molecule has 1 aromatic heterocycles. The van der Waals surface area contributed by atoms with Crippen molar-refractivity contribution >= 4 is 34.1 Å². The van der Waals surface area contributed by atoms with E-state index in [1.807, 2.05) is 12.1 Å². The van der Waals surface area contributed by atoms with Crippen molar-refractivity contribution in [2.24, 2.45) is 0 Å². The van der Waals surface area contributed by atoms with Gasteiger partial charge in [-0.05, 0) is 12.1 Å². The molecule has 1 heterocycles. The molecule has 0 aliphatic carbocycles. The maximum Gasteiger partial charge on any atom is 0.174 e. The van der Waals surface area contributed by atoms with E-state index in [0.717, 1.165) is 15.1 Å². The molecule has 0 saturated heterocycles. The van der Waals surface area contributed by atoms with Crippen molar-refractivity contribution in [2.45, 2.75) is 4.90 Å². The van der Waals surface area contributed by atoms with E-state index >= 15 is 0 Å². The van der Waals surface area contributed by atoms with Crippen LogP contribution in [0.25, 0.3) is 10.1 Å². The summed E-state index contributed by atoms with van der Waals surface area (Å²) in [4.78, 5) is 0.608. The first-order valence-corrected chi connectivity index (χ1v) is 4.97. The predicted octanol–water partition coefficient (Wildman–Crippen LogP) is 2.90. The Hall–Kier alpha value is -0.870. The molecule has 0 aliphatic heterocycles. The molecule has 2 rings (SSSR count). The molecule has 1 aromatic carbocycles. The number of thiol groups is 1. The van der Waals surface area contributed by atoms with Gasteiger partial charge in [-0.25, -0.2) is 0 Å². The van der Waals surface area contributed by atoms with Crippen LogP contribution >= 0.6 is 24.0 Å². The Balaban J connectivity index is 2.76. The Bertz CT molecular complexity index is 448. The van der Waals surface area contributed by atoms with Crippen molar-refractivity contribution in [1.29, 1.82) is 0 Å². The van der Waals surface area contributed by atoms with E-state index in [4.69, 9.17) is 4.74 Å². The van der Waals surface area contributed by atoms with Crippen LogP contribution in [0.3, 0.4) is 0 Å². The highest BCUT2D eigenvalue weighted by Gasteiger charge is 2.07. The molecule has 4 heteroatoms. The van der Waals surface area contributed by atoms with E-state index in [0.29, 0.717) is 4.90 Å². The van der Waals surface area contributed by atoms with Gasteiger partial charge in [0.25, 0.3) is 0 Å². The number of fused-ring (bicyclic) bond motifs is 1. The van der Waals surface area contributed by atoms with Crippen molar-refractivity contribution in [2.75, 3.05) is 7.11 Å². The first-order valence-electron chi connectivity index (χ1n) is 3.71. The maximum absolute atomic E-state index is 9.39. The van der Waals surface area contributed by atoms with Crippen LogP contribution in [0.1, 0.15) is 0 Å². The maximum atomic E-state index is 9.39. The molecular weight excluding hydrogens is 204 g/mol. The number of hydrogen-bond donors (Lipinski definition) is 2. The van der Waals surface area contributed by atoms with Crippen molar-refractivity contribution in [1.82, 2.24) is 0 Å². The molecule has 2 aromatic rings. The molecule has 0 saturated carbocycles. The number of phenolic OH excluding ortho intramolecular Hbond substituents is 1.